The van der Waals surface area contributed by atoms with Gasteiger partial charge >= 0.3 is 0 Å². The summed E-state index contributed by atoms with van der Waals surface area (Å²) in [6, 6.07) is 8.18. The maximum atomic E-state index is 10.6. The number of nitro groups is 1. The summed E-state index contributed by atoms with van der Waals surface area (Å²) in [5.41, 5.74) is 1.60. The fourth-order valence-electron chi connectivity index (χ4n) is 1.32. The van der Waals surface area contributed by atoms with E-state index >= 15 is 0 Å². The molecule has 0 radical (unpaired) electrons. The largest absolute Gasteiger partial charge is 0.270 e. The van der Waals surface area contributed by atoms with E-state index in [-0.39, 0.29) is 5.69 Å². The third-order valence-electron chi connectivity index (χ3n) is 2.13. The second-order valence-electron chi connectivity index (χ2n) is 3.32. The van der Waals surface area contributed by atoms with Crippen LogP contribution in [0.1, 0.15) is 11.3 Å². The molecule has 84 valence electrons. The molecule has 0 fully saturated rings. The highest BCUT2D eigenvalue weighted by Crippen LogP contribution is 2.14. The van der Waals surface area contributed by atoms with E-state index < -0.39 is 4.92 Å². The molecule has 0 saturated carbocycles. The van der Waals surface area contributed by atoms with Crippen LogP contribution in [0.15, 0.2) is 42.9 Å². The molecule has 0 aliphatic heterocycles. The first kappa shape index (κ1) is 10.9. The van der Waals surface area contributed by atoms with Gasteiger partial charge in [0.25, 0.3) is 5.69 Å². The van der Waals surface area contributed by atoms with Crippen molar-refractivity contribution in [3.63, 3.8) is 0 Å². The lowest BCUT2D eigenvalue weighted by Gasteiger charge is -1.94. The molecule has 0 bridgehead atoms. The van der Waals surface area contributed by atoms with E-state index in [1.807, 2.05) is 0 Å². The van der Waals surface area contributed by atoms with Crippen molar-refractivity contribution in [2.45, 2.75) is 0 Å². The zero-order valence-electron chi connectivity index (χ0n) is 8.85. The number of nitrogens with zero attached hydrogens (tertiary/aromatic N) is 3. The molecule has 2 rings (SSSR count). The van der Waals surface area contributed by atoms with Crippen LogP contribution in [-0.4, -0.2) is 14.9 Å². The molecule has 1 heterocycles. The Morgan fingerprint density at radius 2 is 2.12 bits per heavy atom. The molecule has 0 spiro atoms. The average molecular weight is 227 g/mol. The van der Waals surface area contributed by atoms with Crippen molar-refractivity contribution in [2.24, 2.45) is 0 Å². The zero-order valence-corrected chi connectivity index (χ0v) is 8.85. The van der Waals surface area contributed by atoms with Gasteiger partial charge in [0.1, 0.15) is 6.33 Å². The van der Waals surface area contributed by atoms with Crippen molar-refractivity contribution in [2.75, 3.05) is 0 Å². The van der Waals surface area contributed by atoms with Crippen LogP contribution < -0.4 is 0 Å². The van der Waals surface area contributed by atoms with Gasteiger partial charge in [0, 0.05) is 18.3 Å². The smallest absolute Gasteiger partial charge is 0.258 e. The van der Waals surface area contributed by atoms with Crippen molar-refractivity contribution in [1.82, 2.24) is 9.97 Å². The zero-order chi connectivity index (χ0) is 12.1. The molecule has 0 saturated heterocycles. The Bertz CT molecular complexity index is 553. The van der Waals surface area contributed by atoms with E-state index in [1.165, 1.54) is 18.5 Å². The van der Waals surface area contributed by atoms with Crippen LogP contribution >= 0.6 is 0 Å². The van der Waals surface area contributed by atoms with Crippen LogP contribution in [-0.2, 0) is 0 Å². The molecule has 0 aliphatic carbocycles. The van der Waals surface area contributed by atoms with Crippen LogP contribution in [0.5, 0.6) is 0 Å². The first-order valence-electron chi connectivity index (χ1n) is 4.94. The Balaban J connectivity index is 2.22. The number of nitro benzene ring substituents is 1. The topological polar surface area (TPSA) is 68.9 Å². The van der Waals surface area contributed by atoms with Gasteiger partial charge in [0.15, 0.2) is 0 Å². The van der Waals surface area contributed by atoms with E-state index in [9.17, 15) is 10.1 Å². The second-order valence-corrected chi connectivity index (χ2v) is 3.32. The minimum Gasteiger partial charge on any atom is -0.258 e. The Morgan fingerprint density at radius 1 is 1.24 bits per heavy atom. The summed E-state index contributed by atoms with van der Waals surface area (Å²) in [6.45, 7) is 0. The maximum absolute atomic E-state index is 10.6. The van der Waals surface area contributed by atoms with Gasteiger partial charge in [0.05, 0.1) is 10.6 Å². The first-order valence-corrected chi connectivity index (χ1v) is 4.94. The predicted octanol–water partition coefficient (Wildman–Crippen LogP) is 2.56. The SMILES string of the molecule is O=[N+]([O-])c1cccc(/C=C/c2ccncn2)c1. The Kier molecular flexibility index (Phi) is 3.20. The summed E-state index contributed by atoms with van der Waals surface area (Å²) < 4.78 is 0. The molecule has 1 aromatic carbocycles. The fraction of sp³-hybridized carbons (Fsp3) is 0. The molecular weight excluding hydrogens is 218 g/mol. The van der Waals surface area contributed by atoms with Crippen LogP contribution in [0.3, 0.4) is 0 Å². The highest BCUT2D eigenvalue weighted by molar-refractivity contribution is 5.68. The molecule has 0 unspecified atom stereocenters. The summed E-state index contributed by atoms with van der Waals surface area (Å²) in [5, 5.41) is 10.6. The minimum atomic E-state index is -0.415. The monoisotopic (exact) mass is 227 g/mol. The van der Waals surface area contributed by atoms with Crippen LogP contribution in [0.4, 0.5) is 5.69 Å². The Hall–Kier alpha value is -2.56. The summed E-state index contributed by atoms with van der Waals surface area (Å²) in [7, 11) is 0. The molecule has 1 aromatic heterocycles. The van der Waals surface area contributed by atoms with E-state index in [0.717, 1.165) is 11.3 Å². The van der Waals surface area contributed by atoms with Gasteiger partial charge in [-0.25, -0.2) is 9.97 Å². The molecule has 5 nitrogen and oxygen atoms in total. The fourth-order valence-corrected chi connectivity index (χ4v) is 1.32. The van der Waals surface area contributed by atoms with Crippen molar-refractivity contribution in [3.8, 4) is 0 Å². The van der Waals surface area contributed by atoms with E-state index in [1.54, 1.807) is 36.5 Å². The van der Waals surface area contributed by atoms with Gasteiger partial charge in [-0.05, 0) is 17.7 Å². The van der Waals surface area contributed by atoms with E-state index in [4.69, 9.17) is 0 Å². The minimum absolute atomic E-state index is 0.0786. The molecule has 17 heavy (non-hydrogen) atoms. The molecule has 0 aliphatic rings. The van der Waals surface area contributed by atoms with Gasteiger partial charge in [-0.15, -0.1) is 0 Å². The highest BCUT2D eigenvalue weighted by Gasteiger charge is 2.03. The summed E-state index contributed by atoms with van der Waals surface area (Å²) >= 11 is 0. The standard InChI is InChI=1S/C12H9N3O2/c16-15(17)12-3-1-2-10(8-12)4-5-11-6-7-13-9-14-11/h1-9H/b5-4+. The molecule has 0 atom stereocenters. The second kappa shape index (κ2) is 4.98. The molecule has 2 aromatic rings. The third-order valence-corrected chi connectivity index (χ3v) is 2.13. The van der Waals surface area contributed by atoms with Gasteiger partial charge < -0.3 is 0 Å². The van der Waals surface area contributed by atoms with Crippen LogP contribution in [0, 0.1) is 10.1 Å². The van der Waals surface area contributed by atoms with Crippen molar-refractivity contribution in [1.29, 1.82) is 0 Å². The number of hydrogen-bond acceptors (Lipinski definition) is 4. The summed E-state index contributed by atoms with van der Waals surface area (Å²) in [4.78, 5) is 18.0. The van der Waals surface area contributed by atoms with Gasteiger partial charge in [-0.1, -0.05) is 18.2 Å². The van der Waals surface area contributed by atoms with Gasteiger partial charge in [-0.2, -0.15) is 0 Å². The Morgan fingerprint density at radius 3 is 2.82 bits per heavy atom. The predicted molar refractivity (Wildman–Crippen MR) is 64.1 cm³/mol. The molecule has 0 N–H and O–H groups in total. The van der Waals surface area contributed by atoms with Crippen molar-refractivity contribution >= 4 is 17.8 Å². The lowest BCUT2D eigenvalue weighted by molar-refractivity contribution is -0.384. The van der Waals surface area contributed by atoms with Crippen molar-refractivity contribution in [3.05, 3.63) is 64.2 Å². The highest BCUT2D eigenvalue weighted by atomic mass is 16.6. The van der Waals surface area contributed by atoms with Gasteiger partial charge in [-0.3, -0.25) is 10.1 Å². The molecular formula is C12H9N3O2. The van der Waals surface area contributed by atoms with Crippen molar-refractivity contribution < 1.29 is 4.92 Å². The number of aromatic nitrogens is 2. The lowest BCUT2D eigenvalue weighted by atomic mass is 10.2. The number of hydrogen-bond donors (Lipinski definition) is 0. The number of non-ortho nitro benzene ring substituents is 1. The molecule has 5 heteroatoms. The average Bonchev–Trinajstić information content (AvgIpc) is 2.38. The normalized spacial score (nSPS) is 10.6. The number of benzene rings is 1. The Labute approximate surface area is 97.6 Å². The lowest BCUT2D eigenvalue weighted by Crippen LogP contribution is -1.87. The first-order chi connectivity index (χ1) is 8.25. The molecule has 0 amide bonds. The summed E-state index contributed by atoms with van der Waals surface area (Å²) in [6.07, 6.45) is 6.64. The van der Waals surface area contributed by atoms with Gasteiger partial charge in [0.2, 0.25) is 0 Å². The maximum Gasteiger partial charge on any atom is 0.270 e. The number of rotatable bonds is 3. The van der Waals surface area contributed by atoms with E-state index in [0.29, 0.717) is 0 Å². The van der Waals surface area contributed by atoms with E-state index in [2.05, 4.69) is 9.97 Å². The van der Waals surface area contributed by atoms with Crippen LogP contribution in [0.25, 0.3) is 12.2 Å². The quantitative estimate of drug-likeness (QED) is 0.596. The van der Waals surface area contributed by atoms with Crippen LogP contribution in [0.2, 0.25) is 0 Å². The summed E-state index contributed by atoms with van der Waals surface area (Å²) in [5.74, 6) is 0. The third kappa shape index (κ3) is 2.94.